The molecular weight excluding hydrogens is 418 g/mol. The van der Waals surface area contributed by atoms with Gasteiger partial charge in [-0.3, -0.25) is 14.0 Å². The number of likely N-dealkylation sites (tertiary alicyclic amines) is 1. The van der Waals surface area contributed by atoms with Crippen molar-refractivity contribution < 1.29 is 9.59 Å². The van der Waals surface area contributed by atoms with E-state index in [-0.39, 0.29) is 23.1 Å². The van der Waals surface area contributed by atoms with Crippen molar-refractivity contribution in [3.8, 4) is 0 Å². The molecule has 2 amide bonds. The Kier molecular flexibility index (Phi) is 5.87. The molecular formula is C21H29N5O2S2. The number of thiophene rings is 1. The van der Waals surface area contributed by atoms with E-state index in [1.165, 1.54) is 11.3 Å². The highest BCUT2D eigenvalue weighted by Crippen LogP contribution is 2.30. The van der Waals surface area contributed by atoms with Crippen LogP contribution in [0.25, 0.3) is 15.3 Å². The lowest BCUT2D eigenvalue weighted by Gasteiger charge is -2.33. The maximum Gasteiger partial charge on any atom is 0.264 e. The first-order valence-electron chi connectivity index (χ1n) is 10.3. The Morgan fingerprint density at radius 1 is 1.30 bits per heavy atom. The van der Waals surface area contributed by atoms with Gasteiger partial charge in [-0.1, -0.05) is 13.8 Å². The number of nitrogens with one attached hydrogen (secondary N) is 1. The van der Waals surface area contributed by atoms with Crippen molar-refractivity contribution >= 4 is 49.8 Å². The van der Waals surface area contributed by atoms with Gasteiger partial charge in [0.05, 0.1) is 10.4 Å². The average Bonchev–Trinajstić information content (AvgIpc) is 3.37. The lowest BCUT2D eigenvalue weighted by Crippen LogP contribution is -2.45. The predicted molar refractivity (Wildman–Crippen MR) is 122 cm³/mol. The van der Waals surface area contributed by atoms with E-state index in [1.54, 1.807) is 11.3 Å². The van der Waals surface area contributed by atoms with Crippen LogP contribution in [0.2, 0.25) is 0 Å². The van der Waals surface area contributed by atoms with E-state index in [0.717, 1.165) is 26.7 Å². The summed E-state index contributed by atoms with van der Waals surface area (Å²) in [6.45, 7) is 7.15. The van der Waals surface area contributed by atoms with Gasteiger partial charge in [-0.05, 0) is 38.4 Å². The molecule has 4 rings (SSSR count). The molecule has 0 atom stereocenters. The van der Waals surface area contributed by atoms with Gasteiger partial charge in [-0.15, -0.1) is 22.7 Å². The van der Waals surface area contributed by atoms with Crippen molar-refractivity contribution in [2.45, 2.75) is 26.7 Å². The fourth-order valence-corrected chi connectivity index (χ4v) is 6.00. The predicted octanol–water partition coefficient (Wildman–Crippen LogP) is 3.17. The highest BCUT2D eigenvalue weighted by molar-refractivity contribution is 7.21. The van der Waals surface area contributed by atoms with E-state index in [0.29, 0.717) is 32.5 Å². The van der Waals surface area contributed by atoms with Crippen molar-refractivity contribution in [3.05, 3.63) is 22.5 Å². The van der Waals surface area contributed by atoms with Crippen LogP contribution in [-0.2, 0) is 4.79 Å². The molecule has 3 aromatic heterocycles. The number of nitrogens with zero attached hydrogens (tertiary/aromatic N) is 4. The molecule has 1 aliphatic heterocycles. The van der Waals surface area contributed by atoms with Gasteiger partial charge < -0.3 is 15.1 Å². The monoisotopic (exact) mass is 447 g/mol. The van der Waals surface area contributed by atoms with Gasteiger partial charge in [0, 0.05) is 43.7 Å². The van der Waals surface area contributed by atoms with Crippen LogP contribution >= 0.6 is 22.7 Å². The SMILES string of the molecule is CN(C)CC(C)(C)CNC(=O)C1CCN(C(=O)c2cc3c(nc4sccn43)s2)CC1. The van der Waals surface area contributed by atoms with Crippen LogP contribution in [0.1, 0.15) is 36.4 Å². The maximum atomic E-state index is 13.0. The molecule has 0 spiro atoms. The Morgan fingerprint density at radius 3 is 2.73 bits per heavy atom. The van der Waals surface area contributed by atoms with E-state index < -0.39 is 0 Å². The van der Waals surface area contributed by atoms with Crippen molar-refractivity contribution in [2.75, 3.05) is 40.3 Å². The molecule has 0 bridgehead atoms. The summed E-state index contributed by atoms with van der Waals surface area (Å²) in [6, 6.07) is 1.95. The van der Waals surface area contributed by atoms with E-state index >= 15 is 0 Å². The quantitative estimate of drug-likeness (QED) is 0.630. The number of rotatable bonds is 6. The number of aromatic nitrogens is 2. The molecule has 1 fully saturated rings. The van der Waals surface area contributed by atoms with Gasteiger partial charge >= 0.3 is 0 Å². The third-order valence-corrected chi connectivity index (χ3v) is 7.35. The number of carbonyl (C=O) groups excluding carboxylic acids is 2. The van der Waals surface area contributed by atoms with Crippen LogP contribution in [-0.4, -0.2) is 71.3 Å². The molecule has 0 unspecified atom stereocenters. The summed E-state index contributed by atoms with van der Waals surface area (Å²) in [5.74, 6) is 0.147. The molecule has 162 valence electrons. The molecule has 7 nitrogen and oxygen atoms in total. The smallest absolute Gasteiger partial charge is 0.264 e. The Bertz CT molecular complexity index is 1060. The molecule has 0 aliphatic carbocycles. The number of amides is 2. The van der Waals surface area contributed by atoms with Gasteiger partial charge in [0.1, 0.15) is 4.83 Å². The van der Waals surface area contributed by atoms with Crippen LogP contribution in [0.15, 0.2) is 17.6 Å². The van der Waals surface area contributed by atoms with Crippen molar-refractivity contribution in [1.29, 1.82) is 0 Å². The van der Waals surface area contributed by atoms with Crippen molar-refractivity contribution in [2.24, 2.45) is 11.3 Å². The minimum Gasteiger partial charge on any atom is -0.355 e. The first kappa shape index (κ1) is 21.3. The van der Waals surface area contributed by atoms with Gasteiger partial charge in [-0.25, -0.2) is 4.98 Å². The van der Waals surface area contributed by atoms with Crippen molar-refractivity contribution in [3.63, 3.8) is 0 Å². The molecule has 0 saturated carbocycles. The van der Waals surface area contributed by atoms with Crippen LogP contribution in [0.4, 0.5) is 0 Å². The number of piperidine rings is 1. The van der Waals surface area contributed by atoms with E-state index in [1.807, 2.05) is 41.0 Å². The lowest BCUT2D eigenvalue weighted by atomic mass is 9.91. The molecule has 1 N–H and O–H groups in total. The summed E-state index contributed by atoms with van der Waals surface area (Å²) < 4.78 is 2.03. The summed E-state index contributed by atoms with van der Waals surface area (Å²) in [5.41, 5.74) is 1.02. The third-order valence-electron chi connectivity index (χ3n) is 5.59. The number of hydrogen-bond acceptors (Lipinski definition) is 6. The van der Waals surface area contributed by atoms with Gasteiger partial charge in [-0.2, -0.15) is 0 Å². The number of imidazole rings is 1. The second kappa shape index (κ2) is 8.28. The second-order valence-corrected chi connectivity index (χ2v) is 11.1. The molecule has 0 radical (unpaired) electrons. The fourth-order valence-electron chi connectivity index (χ4n) is 4.24. The standard InChI is InChI=1S/C21H29N5O2S2/c1-21(2,13-24(3)4)12-22-17(27)14-5-7-25(8-6-14)19(28)16-11-15-18(30-16)23-20-26(15)9-10-29-20/h9-11,14H,5-8,12-13H2,1-4H3,(H,22,27). The van der Waals surface area contributed by atoms with E-state index in [4.69, 9.17) is 0 Å². The topological polar surface area (TPSA) is 70.0 Å². The van der Waals surface area contributed by atoms with E-state index in [2.05, 4.69) is 29.0 Å². The van der Waals surface area contributed by atoms with Crippen LogP contribution in [0, 0.1) is 11.3 Å². The fraction of sp³-hybridized carbons (Fsp3) is 0.571. The summed E-state index contributed by atoms with van der Waals surface area (Å²) in [7, 11) is 4.09. The minimum absolute atomic E-state index is 0.0172. The summed E-state index contributed by atoms with van der Waals surface area (Å²) in [4.78, 5) is 36.8. The van der Waals surface area contributed by atoms with Crippen LogP contribution < -0.4 is 5.32 Å². The number of thiazole rings is 1. The highest BCUT2D eigenvalue weighted by Gasteiger charge is 2.30. The Hall–Kier alpha value is -1.97. The molecule has 1 saturated heterocycles. The van der Waals surface area contributed by atoms with Crippen LogP contribution in [0.5, 0.6) is 0 Å². The molecule has 9 heteroatoms. The zero-order valence-corrected chi connectivity index (χ0v) is 19.6. The highest BCUT2D eigenvalue weighted by atomic mass is 32.1. The van der Waals surface area contributed by atoms with Crippen LogP contribution in [0.3, 0.4) is 0 Å². The number of carbonyl (C=O) groups is 2. The summed E-state index contributed by atoms with van der Waals surface area (Å²) >= 11 is 3.05. The molecule has 3 aromatic rings. The minimum atomic E-state index is -0.0172. The lowest BCUT2D eigenvalue weighted by molar-refractivity contribution is -0.126. The number of fused-ring (bicyclic) bond motifs is 3. The average molecular weight is 448 g/mol. The van der Waals surface area contributed by atoms with Gasteiger partial charge in [0.15, 0.2) is 4.96 Å². The summed E-state index contributed by atoms with van der Waals surface area (Å²) in [6.07, 6.45) is 3.41. The van der Waals surface area contributed by atoms with Crippen molar-refractivity contribution in [1.82, 2.24) is 24.5 Å². The molecule has 0 aromatic carbocycles. The molecule has 30 heavy (non-hydrogen) atoms. The third kappa shape index (κ3) is 4.38. The number of hydrogen-bond donors (Lipinski definition) is 1. The largest absolute Gasteiger partial charge is 0.355 e. The Balaban J connectivity index is 1.32. The molecule has 4 heterocycles. The first-order chi connectivity index (χ1) is 14.2. The van der Waals surface area contributed by atoms with Gasteiger partial charge in [0.2, 0.25) is 5.91 Å². The maximum absolute atomic E-state index is 13.0. The first-order valence-corrected chi connectivity index (χ1v) is 12.0. The van der Waals surface area contributed by atoms with Gasteiger partial charge in [0.25, 0.3) is 5.91 Å². The Morgan fingerprint density at radius 2 is 2.03 bits per heavy atom. The Labute approximate surface area is 184 Å². The zero-order chi connectivity index (χ0) is 21.5. The second-order valence-electron chi connectivity index (χ2n) is 9.15. The summed E-state index contributed by atoms with van der Waals surface area (Å²) in [5, 5.41) is 5.12. The normalized spacial score (nSPS) is 16.1. The van der Waals surface area contributed by atoms with E-state index in [9.17, 15) is 9.59 Å². The zero-order valence-electron chi connectivity index (χ0n) is 18.0. The molecule has 1 aliphatic rings.